The summed E-state index contributed by atoms with van der Waals surface area (Å²) < 4.78 is 3.08. The number of aromatic nitrogens is 6. The van der Waals surface area contributed by atoms with Gasteiger partial charge in [-0.05, 0) is 40.1 Å². The zero-order valence-electron chi connectivity index (χ0n) is 13.6. The Hall–Kier alpha value is -3.39. The molecule has 0 aliphatic rings. The Kier molecular flexibility index (Phi) is 4.24. The molecule has 2 aromatic heterocycles. The Morgan fingerprint density at radius 3 is 2.35 bits per heavy atom. The van der Waals surface area contributed by atoms with Gasteiger partial charge in [-0.15, -0.1) is 5.10 Å². The monoisotopic (exact) mass is 362 g/mol. The first-order valence-corrected chi connectivity index (χ1v) is 8.68. The van der Waals surface area contributed by atoms with E-state index in [2.05, 4.69) is 27.2 Å². The predicted molar refractivity (Wildman–Crippen MR) is 101 cm³/mol. The topological polar surface area (TPSA) is 81.4 Å². The molecule has 7 nitrogen and oxygen atoms in total. The van der Waals surface area contributed by atoms with Crippen LogP contribution in [0.2, 0.25) is 0 Å². The van der Waals surface area contributed by atoms with Crippen LogP contribution in [0.5, 0.6) is 0 Å². The van der Waals surface area contributed by atoms with Crippen molar-refractivity contribution in [2.75, 3.05) is 0 Å². The highest BCUT2D eigenvalue weighted by atomic mass is 32.2. The lowest BCUT2D eigenvalue weighted by Crippen LogP contribution is -2.33. The molecule has 2 aromatic carbocycles. The van der Waals surface area contributed by atoms with E-state index in [0.29, 0.717) is 15.7 Å². The molecule has 0 fully saturated rings. The number of aromatic amines is 1. The van der Waals surface area contributed by atoms with Crippen LogP contribution in [0.25, 0.3) is 23.4 Å². The zero-order valence-corrected chi connectivity index (χ0v) is 14.4. The molecular formula is C18H14N6OS. The molecule has 128 valence electrons. The SMILES string of the molecule is C=c1[nH]n(-c2ccccc2)c(=O)c1=CSc1nnnn1-c1ccccc1. The number of para-hydroxylation sites is 2. The molecular weight excluding hydrogens is 348 g/mol. The molecule has 0 saturated carbocycles. The molecule has 0 aliphatic heterocycles. The molecule has 4 rings (SSSR count). The van der Waals surface area contributed by atoms with E-state index in [9.17, 15) is 4.79 Å². The summed E-state index contributed by atoms with van der Waals surface area (Å²) in [7, 11) is 0. The van der Waals surface area contributed by atoms with Crippen molar-refractivity contribution in [2.24, 2.45) is 0 Å². The summed E-state index contributed by atoms with van der Waals surface area (Å²) in [6.45, 7) is 3.93. The lowest BCUT2D eigenvalue weighted by molar-refractivity contribution is 0.757. The van der Waals surface area contributed by atoms with Gasteiger partial charge in [0.05, 0.1) is 21.9 Å². The van der Waals surface area contributed by atoms with E-state index < -0.39 is 0 Å². The summed E-state index contributed by atoms with van der Waals surface area (Å²) >= 11 is 1.27. The molecule has 1 N–H and O–H groups in total. The minimum absolute atomic E-state index is 0.174. The minimum atomic E-state index is -0.174. The predicted octanol–water partition coefficient (Wildman–Crippen LogP) is 1.08. The van der Waals surface area contributed by atoms with Gasteiger partial charge in [0.25, 0.3) is 5.56 Å². The van der Waals surface area contributed by atoms with Crippen molar-refractivity contribution >= 4 is 23.7 Å². The minimum Gasteiger partial charge on any atom is -0.291 e. The van der Waals surface area contributed by atoms with E-state index in [4.69, 9.17) is 0 Å². The van der Waals surface area contributed by atoms with Gasteiger partial charge >= 0.3 is 0 Å². The van der Waals surface area contributed by atoms with E-state index in [-0.39, 0.29) is 5.56 Å². The number of H-pyrrole nitrogens is 1. The third-order valence-corrected chi connectivity index (χ3v) is 4.56. The summed E-state index contributed by atoms with van der Waals surface area (Å²) in [6, 6.07) is 18.9. The first-order chi connectivity index (χ1) is 12.7. The van der Waals surface area contributed by atoms with Gasteiger partial charge in [-0.3, -0.25) is 9.89 Å². The Morgan fingerprint density at radius 1 is 1.00 bits per heavy atom. The second-order valence-corrected chi connectivity index (χ2v) is 6.26. The van der Waals surface area contributed by atoms with E-state index in [0.717, 1.165) is 11.4 Å². The van der Waals surface area contributed by atoms with Crippen LogP contribution in [0.3, 0.4) is 0 Å². The van der Waals surface area contributed by atoms with Crippen LogP contribution in [0.1, 0.15) is 0 Å². The third-order valence-electron chi connectivity index (χ3n) is 3.74. The lowest BCUT2D eigenvalue weighted by Gasteiger charge is -2.00. The molecule has 0 bridgehead atoms. The van der Waals surface area contributed by atoms with Crippen LogP contribution < -0.4 is 16.1 Å². The molecule has 26 heavy (non-hydrogen) atoms. The molecule has 0 radical (unpaired) electrons. The first-order valence-electron chi connectivity index (χ1n) is 7.80. The third kappa shape index (κ3) is 2.98. The smallest absolute Gasteiger partial charge is 0.279 e. The van der Waals surface area contributed by atoms with Crippen molar-refractivity contribution in [2.45, 2.75) is 5.16 Å². The molecule has 4 aromatic rings. The molecule has 0 atom stereocenters. The average Bonchev–Trinajstić information content (AvgIpc) is 3.26. The molecule has 8 heteroatoms. The van der Waals surface area contributed by atoms with Crippen molar-refractivity contribution < 1.29 is 0 Å². The van der Waals surface area contributed by atoms with Crippen LogP contribution in [-0.2, 0) is 0 Å². The Labute approximate surface area is 152 Å². The molecule has 0 unspecified atom stereocenters. The molecule has 0 aliphatic carbocycles. The average molecular weight is 362 g/mol. The van der Waals surface area contributed by atoms with Crippen molar-refractivity contribution in [1.82, 2.24) is 30.0 Å². The summed E-state index contributed by atoms with van der Waals surface area (Å²) in [6.07, 6.45) is 0. The number of hydrogen-bond donors (Lipinski definition) is 1. The van der Waals surface area contributed by atoms with Gasteiger partial charge in [0.15, 0.2) is 0 Å². The van der Waals surface area contributed by atoms with E-state index >= 15 is 0 Å². The second-order valence-electron chi connectivity index (χ2n) is 5.42. The van der Waals surface area contributed by atoms with Gasteiger partial charge in [0.1, 0.15) is 0 Å². The largest absolute Gasteiger partial charge is 0.291 e. The summed E-state index contributed by atoms with van der Waals surface area (Å²) in [5, 5.41) is 18.0. The fraction of sp³-hybridized carbons (Fsp3) is 0. The summed E-state index contributed by atoms with van der Waals surface area (Å²) in [4.78, 5) is 12.7. The fourth-order valence-electron chi connectivity index (χ4n) is 2.47. The van der Waals surface area contributed by atoms with Crippen LogP contribution in [0, 0.1) is 0 Å². The highest BCUT2D eigenvalue weighted by Gasteiger charge is 2.09. The Bertz CT molecular complexity index is 1190. The van der Waals surface area contributed by atoms with Crippen LogP contribution in [-0.4, -0.2) is 30.0 Å². The quantitative estimate of drug-likeness (QED) is 0.550. The van der Waals surface area contributed by atoms with E-state index in [1.165, 1.54) is 16.4 Å². The second kappa shape index (κ2) is 6.85. The van der Waals surface area contributed by atoms with Gasteiger partial charge < -0.3 is 0 Å². The zero-order chi connectivity index (χ0) is 17.9. The van der Waals surface area contributed by atoms with Crippen LogP contribution in [0.4, 0.5) is 0 Å². The van der Waals surface area contributed by atoms with Crippen molar-refractivity contribution in [3.63, 3.8) is 0 Å². The number of benzene rings is 2. The van der Waals surface area contributed by atoms with Gasteiger partial charge in [-0.25, -0.2) is 4.68 Å². The van der Waals surface area contributed by atoms with Crippen LogP contribution in [0.15, 0.2) is 70.6 Å². The number of rotatable bonds is 4. The maximum absolute atomic E-state index is 12.7. The number of thioether (sulfide) groups is 1. The maximum Gasteiger partial charge on any atom is 0.279 e. The highest BCUT2D eigenvalue weighted by molar-refractivity contribution is 8.06. The standard InChI is InChI=1S/C18H14N6OS/c1-13-16(17(25)23(20-13)14-8-4-2-5-9-14)12-26-18-19-21-22-24(18)15-10-6-3-7-11-15/h2-12,20H,1H2. The summed E-state index contributed by atoms with van der Waals surface area (Å²) in [5.41, 5.74) is 1.42. The molecule has 0 saturated heterocycles. The number of hydrogen-bond acceptors (Lipinski definition) is 5. The van der Waals surface area contributed by atoms with E-state index in [1.807, 2.05) is 60.7 Å². The molecule has 2 heterocycles. The van der Waals surface area contributed by atoms with Gasteiger partial charge in [0, 0.05) is 0 Å². The number of nitrogens with zero attached hydrogens (tertiary/aromatic N) is 5. The van der Waals surface area contributed by atoms with Crippen molar-refractivity contribution in [1.29, 1.82) is 0 Å². The number of tetrazole rings is 1. The Balaban J connectivity index is 1.72. The van der Waals surface area contributed by atoms with Gasteiger partial charge in [-0.2, -0.15) is 4.68 Å². The highest BCUT2D eigenvalue weighted by Crippen LogP contribution is 2.18. The normalized spacial score (nSPS) is 11.8. The summed E-state index contributed by atoms with van der Waals surface area (Å²) in [5.74, 6) is 0. The van der Waals surface area contributed by atoms with Gasteiger partial charge in [-0.1, -0.05) is 54.7 Å². The Morgan fingerprint density at radius 2 is 1.65 bits per heavy atom. The lowest BCUT2D eigenvalue weighted by atomic mass is 10.3. The number of nitrogens with one attached hydrogen (secondary N) is 1. The van der Waals surface area contributed by atoms with Crippen molar-refractivity contribution in [3.8, 4) is 11.4 Å². The molecule has 0 amide bonds. The van der Waals surface area contributed by atoms with Crippen LogP contribution >= 0.6 is 11.8 Å². The van der Waals surface area contributed by atoms with Crippen molar-refractivity contribution in [3.05, 3.63) is 81.6 Å². The van der Waals surface area contributed by atoms with E-state index in [1.54, 1.807) is 10.1 Å². The fourth-order valence-corrected chi connectivity index (χ4v) is 3.26. The first kappa shape index (κ1) is 16.1. The molecule has 0 spiro atoms. The van der Waals surface area contributed by atoms with Gasteiger partial charge in [0.2, 0.25) is 5.16 Å². The maximum atomic E-state index is 12.7.